The minimum atomic E-state index is -4.70. The lowest BCUT2D eigenvalue weighted by atomic mass is 10.1. The largest absolute Gasteiger partial charge is 0.417 e. The van der Waals surface area contributed by atoms with E-state index in [2.05, 4.69) is 0 Å². The van der Waals surface area contributed by atoms with Gasteiger partial charge < -0.3 is 0 Å². The lowest BCUT2D eigenvalue weighted by molar-refractivity contribution is -0.137. The molecule has 0 spiro atoms. The van der Waals surface area contributed by atoms with Crippen LogP contribution in [0.5, 0.6) is 0 Å². The van der Waals surface area contributed by atoms with Gasteiger partial charge in [-0.1, -0.05) is 12.1 Å². The van der Waals surface area contributed by atoms with Crippen LogP contribution < -0.4 is 10.9 Å². The molecule has 2 aromatic carbocycles. The quantitative estimate of drug-likeness (QED) is 0.658. The van der Waals surface area contributed by atoms with E-state index in [0.717, 1.165) is 30.3 Å². The molecule has 120 valence electrons. The second kappa shape index (κ2) is 6.47. The summed E-state index contributed by atoms with van der Waals surface area (Å²) >= 11 is 0. The molecule has 4 nitrogen and oxygen atoms in total. The number of rotatable bonds is 2. The molecular formula is C15H10F4N2O2. The van der Waals surface area contributed by atoms with Crippen molar-refractivity contribution in [2.45, 2.75) is 6.18 Å². The molecule has 2 aromatic rings. The third-order valence-corrected chi connectivity index (χ3v) is 2.87. The van der Waals surface area contributed by atoms with E-state index in [9.17, 15) is 27.2 Å². The fraction of sp³-hybridized carbons (Fsp3) is 0.0667. The van der Waals surface area contributed by atoms with Gasteiger partial charge in [0.15, 0.2) is 0 Å². The number of carbonyl (C=O) groups excluding carboxylic acids is 2. The van der Waals surface area contributed by atoms with Crippen LogP contribution in [0.15, 0.2) is 48.5 Å². The maximum Gasteiger partial charge on any atom is 0.417 e. The molecule has 2 amide bonds. The van der Waals surface area contributed by atoms with Crippen molar-refractivity contribution in [3.05, 3.63) is 71.0 Å². The second-order valence-electron chi connectivity index (χ2n) is 4.46. The van der Waals surface area contributed by atoms with Crippen LogP contribution in [0.25, 0.3) is 0 Å². The molecule has 2 rings (SSSR count). The Hall–Kier alpha value is -2.90. The molecule has 0 saturated heterocycles. The summed E-state index contributed by atoms with van der Waals surface area (Å²) in [6.45, 7) is 0. The van der Waals surface area contributed by atoms with E-state index in [1.54, 1.807) is 0 Å². The third kappa shape index (κ3) is 4.06. The Balaban J connectivity index is 2.09. The van der Waals surface area contributed by atoms with Gasteiger partial charge in [-0.3, -0.25) is 20.4 Å². The van der Waals surface area contributed by atoms with Crippen LogP contribution in [-0.2, 0) is 6.18 Å². The number of benzene rings is 2. The average Bonchev–Trinajstić information content (AvgIpc) is 2.52. The summed E-state index contributed by atoms with van der Waals surface area (Å²) in [6.07, 6.45) is -4.70. The number of amides is 2. The van der Waals surface area contributed by atoms with Gasteiger partial charge in [0.2, 0.25) is 0 Å². The van der Waals surface area contributed by atoms with Gasteiger partial charge in [-0.25, -0.2) is 4.39 Å². The molecule has 0 aliphatic heterocycles. The first-order chi connectivity index (χ1) is 10.8. The first kappa shape index (κ1) is 16.5. The van der Waals surface area contributed by atoms with Gasteiger partial charge >= 0.3 is 6.18 Å². The highest BCUT2D eigenvalue weighted by molar-refractivity contribution is 5.99. The summed E-state index contributed by atoms with van der Waals surface area (Å²) in [5.41, 5.74) is 2.15. The zero-order chi connectivity index (χ0) is 17.0. The number of hydrogen-bond donors (Lipinski definition) is 2. The maximum absolute atomic E-state index is 12.8. The van der Waals surface area contributed by atoms with E-state index in [-0.39, 0.29) is 5.56 Å². The Kier molecular flexibility index (Phi) is 4.63. The van der Waals surface area contributed by atoms with Crippen molar-refractivity contribution in [2.75, 3.05) is 0 Å². The highest BCUT2D eigenvalue weighted by atomic mass is 19.4. The van der Waals surface area contributed by atoms with Crippen molar-refractivity contribution in [3.8, 4) is 0 Å². The molecule has 0 aliphatic rings. The predicted molar refractivity (Wildman–Crippen MR) is 72.8 cm³/mol. The number of nitrogens with one attached hydrogen (secondary N) is 2. The van der Waals surface area contributed by atoms with Gasteiger partial charge in [-0.15, -0.1) is 0 Å². The van der Waals surface area contributed by atoms with Crippen LogP contribution in [0.2, 0.25) is 0 Å². The lowest BCUT2D eigenvalue weighted by Gasteiger charge is -2.13. The predicted octanol–water partition coefficient (Wildman–Crippen LogP) is 2.92. The summed E-state index contributed by atoms with van der Waals surface area (Å²) in [5, 5.41) is 0. The normalized spacial score (nSPS) is 11.0. The summed E-state index contributed by atoms with van der Waals surface area (Å²) in [7, 11) is 0. The minimum absolute atomic E-state index is 0.0378. The monoisotopic (exact) mass is 326 g/mol. The van der Waals surface area contributed by atoms with E-state index in [0.29, 0.717) is 0 Å². The van der Waals surface area contributed by atoms with E-state index >= 15 is 0 Å². The Morgan fingerprint density at radius 3 is 2.00 bits per heavy atom. The topological polar surface area (TPSA) is 58.2 Å². The van der Waals surface area contributed by atoms with Crippen LogP contribution >= 0.6 is 0 Å². The van der Waals surface area contributed by atoms with E-state index < -0.39 is 34.9 Å². The molecule has 0 unspecified atom stereocenters. The van der Waals surface area contributed by atoms with Crippen LogP contribution in [-0.4, -0.2) is 11.8 Å². The van der Waals surface area contributed by atoms with E-state index in [4.69, 9.17) is 0 Å². The smallest absolute Gasteiger partial charge is 0.267 e. The fourth-order valence-corrected chi connectivity index (χ4v) is 1.78. The average molecular weight is 326 g/mol. The first-order valence-electron chi connectivity index (χ1n) is 6.31. The molecule has 0 bridgehead atoms. The molecule has 0 fully saturated rings. The Morgan fingerprint density at radius 2 is 1.39 bits per heavy atom. The molecule has 0 aromatic heterocycles. The Bertz CT molecular complexity index is 727. The molecule has 0 aliphatic carbocycles. The van der Waals surface area contributed by atoms with Gasteiger partial charge in [0, 0.05) is 5.56 Å². The van der Waals surface area contributed by atoms with Crippen molar-refractivity contribution in [2.24, 2.45) is 0 Å². The summed E-state index contributed by atoms with van der Waals surface area (Å²) in [4.78, 5) is 23.5. The Labute approximate surface area is 128 Å². The SMILES string of the molecule is O=C(NNC(=O)c1ccccc1C(F)(F)F)c1ccc(F)cc1. The molecule has 0 saturated carbocycles. The highest BCUT2D eigenvalue weighted by Crippen LogP contribution is 2.31. The molecule has 0 atom stereocenters. The molecule has 0 heterocycles. The number of hydrazine groups is 1. The van der Waals surface area contributed by atoms with Crippen molar-refractivity contribution in [3.63, 3.8) is 0 Å². The van der Waals surface area contributed by atoms with E-state index in [1.807, 2.05) is 10.9 Å². The molecule has 2 N–H and O–H groups in total. The summed E-state index contributed by atoms with van der Waals surface area (Å²) in [6, 6.07) is 8.58. The maximum atomic E-state index is 12.8. The number of halogens is 4. The van der Waals surface area contributed by atoms with Crippen molar-refractivity contribution in [1.29, 1.82) is 0 Å². The summed E-state index contributed by atoms with van der Waals surface area (Å²) in [5.74, 6) is -2.46. The lowest BCUT2D eigenvalue weighted by Crippen LogP contribution is -2.42. The van der Waals surface area contributed by atoms with Crippen LogP contribution in [0.3, 0.4) is 0 Å². The van der Waals surface area contributed by atoms with Crippen molar-refractivity contribution in [1.82, 2.24) is 10.9 Å². The van der Waals surface area contributed by atoms with Gasteiger partial charge in [-0.2, -0.15) is 13.2 Å². The van der Waals surface area contributed by atoms with Gasteiger partial charge in [-0.05, 0) is 36.4 Å². The van der Waals surface area contributed by atoms with E-state index in [1.165, 1.54) is 18.2 Å². The number of alkyl halides is 3. The molecule has 8 heteroatoms. The van der Waals surface area contributed by atoms with Gasteiger partial charge in [0.1, 0.15) is 5.82 Å². The van der Waals surface area contributed by atoms with Crippen LogP contribution in [0, 0.1) is 5.82 Å². The number of carbonyl (C=O) groups is 2. The number of hydrogen-bond acceptors (Lipinski definition) is 2. The van der Waals surface area contributed by atoms with Crippen molar-refractivity contribution >= 4 is 11.8 Å². The zero-order valence-electron chi connectivity index (χ0n) is 11.4. The third-order valence-electron chi connectivity index (χ3n) is 2.87. The highest BCUT2D eigenvalue weighted by Gasteiger charge is 2.34. The van der Waals surface area contributed by atoms with Crippen LogP contribution in [0.1, 0.15) is 26.3 Å². The summed E-state index contributed by atoms with van der Waals surface area (Å²) < 4.78 is 51.2. The fourth-order valence-electron chi connectivity index (χ4n) is 1.78. The molecular weight excluding hydrogens is 316 g/mol. The molecule has 0 radical (unpaired) electrons. The Morgan fingerprint density at radius 1 is 0.826 bits per heavy atom. The van der Waals surface area contributed by atoms with Gasteiger partial charge in [0.05, 0.1) is 11.1 Å². The first-order valence-corrected chi connectivity index (χ1v) is 6.31. The standard InChI is InChI=1S/C15H10F4N2O2/c16-10-7-5-9(6-8-10)13(22)20-21-14(23)11-3-1-2-4-12(11)15(17,18)19/h1-8H,(H,20,22)(H,21,23). The van der Waals surface area contributed by atoms with Crippen molar-refractivity contribution < 1.29 is 27.2 Å². The minimum Gasteiger partial charge on any atom is -0.267 e. The van der Waals surface area contributed by atoms with Gasteiger partial charge in [0.25, 0.3) is 11.8 Å². The molecule has 23 heavy (non-hydrogen) atoms. The second-order valence-corrected chi connectivity index (χ2v) is 4.46. The zero-order valence-corrected chi connectivity index (χ0v) is 11.4. The van der Waals surface area contributed by atoms with Crippen LogP contribution in [0.4, 0.5) is 17.6 Å².